The lowest BCUT2D eigenvalue weighted by molar-refractivity contribution is 0.0954. The molecule has 0 unspecified atom stereocenters. The maximum absolute atomic E-state index is 12.3. The molecule has 0 fully saturated rings. The van der Waals surface area contributed by atoms with E-state index in [4.69, 9.17) is 17.3 Å². The molecular formula is C19H18ClN7O2. The van der Waals surface area contributed by atoms with Crippen molar-refractivity contribution in [1.29, 1.82) is 0 Å². The zero-order valence-corrected chi connectivity index (χ0v) is 16.1. The van der Waals surface area contributed by atoms with Crippen molar-refractivity contribution in [2.24, 2.45) is 0 Å². The van der Waals surface area contributed by atoms with Crippen molar-refractivity contribution in [1.82, 2.24) is 20.8 Å². The summed E-state index contributed by atoms with van der Waals surface area (Å²) in [6.07, 6.45) is 1.23. The van der Waals surface area contributed by atoms with Crippen molar-refractivity contribution >= 4 is 40.7 Å². The Balaban J connectivity index is 1.64. The highest BCUT2D eigenvalue weighted by Crippen LogP contribution is 2.21. The normalized spacial score (nSPS) is 10.1. The number of nitrogens with zero attached hydrogens (tertiary/aromatic N) is 2. The molecule has 0 aliphatic carbocycles. The molecule has 0 saturated carbocycles. The number of hydrazine groups is 2. The van der Waals surface area contributed by atoms with Crippen molar-refractivity contribution < 1.29 is 9.59 Å². The molecule has 0 bridgehead atoms. The molecule has 2 aromatic carbocycles. The lowest BCUT2D eigenvalue weighted by atomic mass is 10.1. The summed E-state index contributed by atoms with van der Waals surface area (Å²) in [4.78, 5) is 32.4. The van der Waals surface area contributed by atoms with Gasteiger partial charge in [0.15, 0.2) is 11.6 Å². The van der Waals surface area contributed by atoms with E-state index in [2.05, 4.69) is 31.7 Å². The predicted molar refractivity (Wildman–Crippen MR) is 111 cm³/mol. The monoisotopic (exact) mass is 411 g/mol. The van der Waals surface area contributed by atoms with Crippen LogP contribution >= 0.6 is 11.6 Å². The third-order valence-corrected chi connectivity index (χ3v) is 4.18. The summed E-state index contributed by atoms with van der Waals surface area (Å²) in [5.41, 5.74) is 18.1. The number of nitrogen functional groups attached to an aromatic ring is 1. The first-order valence-corrected chi connectivity index (χ1v) is 8.88. The van der Waals surface area contributed by atoms with Gasteiger partial charge in [0.05, 0.1) is 0 Å². The maximum atomic E-state index is 12.3. The summed E-state index contributed by atoms with van der Waals surface area (Å²) in [6, 6.07) is 13.6. The average Bonchev–Trinajstić information content (AvgIpc) is 2.72. The van der Waals surface area contributed by atoms with Gasteiger partial charge in [0.2, 0.25) is 0 Å². The highest BCUT2D eigenvalue weighted by molar-refractivity contribution is 6.30. The smallest absolute Gasteiger partial charge is 0.269 e. The van der Waals surface area contributed by atoms with Crippen LogP contribution in [0, 0.1) is 6.92 Å². The van der Waals surface area contributed by atoms with Crippen LogP contribution in [-0.2, 0) is 0 Å². The number of nitrogens with one attached hydrogen (secondary N) is 4. The average molecular weight is 412 g/mol. The standard InChI is InChI=1S/C19H18ClN7O2/c1-11-5-2-3-8-14(11)19(29)27-25-17-15(21)16(22-10-23-17)24-26-18(28)12-6-4-7-13(20)9-12/h2-10H,21H2,1H3,(H,26,28)(H,27,29)(H2,22,23,24,25). The second kappa shape index (κ2) is 8.89. The fourth-order valence-electron chi connectivity index (χ4n) is 2.42. The lowest BCUT2D eigenvalue weighted by Gasteiger charge is -2.14. The number of anilines is 3. The molecule has 0 radical (unpaired) electrons. The first-order valence-electron chi connectivity index (χ1n) is 8.50. The first-order chi connectivity index (χ1) is 14.0. The minimum absolute atomic E-state index is 0.101. The molecule has 1 aromatic heterocycles. The van der Waals surface area contributed by atoms with Gasteiger partial charge in [-0.2, -0.15) is 0 Å². The minimum atomic E-state index is -0.423. The van der Waals surface area contributed by atoms with Gasteiger partial charge < -0.3 is 5.73 Å². The van der Waals surface area contributed by atoms with Crippen molar-refractivity contribution in [3.05, 3.63) is 76.6 Å². The molecule has 0 atom stereocenters. The lowest BCUT2D eigenvalue weighted by Crippen LogP contribution is -2.32. The number of aromatic nitrogens is 2. The summed E-state index contributed by atoms with van der Waals surface area (Å²) >= 11 is 5.88. The summed E-state index contributed by atoms with van der Waals surface area (Å²) in [5.74, 6) is -0.442. The van der Waals surface area contributed by atoms with E-state index in [0.29, 0.717) is 16.1 Å². The molecule has 1 heterocycles. The molecule has 0 aliphatic heterocycles. The number of nitrogens with two attached hydrogens (primary N) is 1. The zero-order chi connectivity index (χ0) is 20.8. The van der Waals surface area contributed by atoms with Gasteiger partial charge in [-0.1, -0.05) is 35.9 Å². The Bertz CT molecular complexity index is 1060. The first kappa shape index (κ1) is 19.9. The number of benzene rings is 2. The van der Waals surface area contributed by atoms with Crippen LogP contribution in [0.5, 0.6) is 0 Å². The SMILES string of the molecule is Cc1ccccc1C(=O)NNc1ncnc(NNC(=O)c2cccc(Cl)c2)c1N. The Morgan fingerprint density at radius 3 is 2.24 bits per heavy atom. The maximum Gasteiger partial charge on any atom is 0.269 e. The molecule has 10 heteroatoms. The van der Waals surface area contributed by atoms with Crippen LogP contribution in [0.15, 0.2) is 54.9 Å². The number of hydrogen-bond donors (Lipinski definition) is 5. The molecule has 3 aromatic rings. The molecule has 3 rings (SSSR count). The van der Waals surface area contributed by atoms with Crippen LogP contribution in [0.2, 0.25) is 5.02 Å². The quantitative estimate of drug-likeness (QED) is 0.393. The van der Waals surface area contributed by atoms with Gasteiger partial charge in [-0.25, -0.2) is 9.97 Å². The van der Waals surface area contributed by atoms with E-state index in [0.717, 1.165) is 5.56 Å². The highest BCUT2D eigenvalue weighted by atomic mass is 35.5. The van der Waals surface area contributed by atoms with Gasteiger partial charge in [-0.15, -0.1) is 0 Å². The number of carbonyl (C=O) groups is 2. The van der Waals surface area contributed by atoms with Crippen LogP contribution in [0.4, 0.5) is 17.3 Å². The van der Waals surface area contributed by atoms with Gasteiger partial charge in [-0.3, -0.25) is 31.3 Å². The molecule has 148 valence electrons. The van der Waals surface area contributed by atoms with Gasteiger partial charge >= 0.3 is 0 Å². The highest BCUT2D eigenvalue weighted by Gasteiger charge is 2.12. The Hall–Kier alpha value is -3.85. The van der Waals surface area contributed by atoms with Crippen LogP contribution in [0.25, 0.3) is 0 Å². The van der Waals surface area contributed by atoms with E-state index in [-0.39, 0.29) is 23.2 Å². The molecular weight excluding hydrogens is 394 g/mol. The van der Waals surface area contributed by atoms with Crippen molar-refractivity contribution in [3.8, 4) is 0 Å². The topological polar surface area (TPSA) is 134 Å². The Labute approximate surface area is 171 Å². The van der Waals surface area contributed by atoms with Gasteiger partial charge in [-0.05, 0) is 36.8 Å². The van der Waals surface area contributed by atoms with E-state index in [1.807, 2.05) is 19.1 Å². The number of halogens is 1. The third kappa shape index (κ3) is 4.90. The predicted octanol–water partition coefficient (Wildman–Crippen LogP) is 2.53. The molecule has 0 aliphatic rings. The summed E-state index contributed by atoms with van der Waals surface area (Å²) in [7, 11) is 0. The summed E-state index contributed by atoms with van der Waals surface area (Å²) in [6.45, 7) is 1.83. The zero-order valence-electron chi connectivity index (χ0n) is 15.4. The van der Waals surface area contributed by atoms with Crippen molar-refractivity contribution in [3.63, 3.8) is 0 Å². The largest absolute Gasteiger partial charge is 0.393 e. The Morgan fingerprint density at radius 1 is 0.931 bits per heavy atom. The fourth-order valence-corrected chi connectivity index (χ4v) is 2.61. The number of amides is 2. The van der Waals surface area contributed by atoms with Crippen LogP contribution in [0.3, 0.4) is 0 Å². The third-order valence-electron chi connectivity index (χ3n) is 3.95. The van der Waals surface area contributed by atoms with Crippen molar-refractivity contribution in [2.75, 3.05) is 16.6 Å². The summed E-state index contributed by atoms with van der Waals surface area (Å²) < 4.78 is 0. The van der Waals surface area contributed by atoms with E-state index < -0.39 is 5.91 Å². The van der Waals surface area contributed by atoms with Gasteiger partial charge in [0.1, 0.15) is 12.0 Å². The van der Waals surface area contributed by atoms with Crippen LogP contribution < -0.4 is 27.4 Å². The molecule has 0 spiro atoms. The van der Waals surface area contributed by atoms with Crippen LogP contribution in [-0.4, -0.2) is 21.8 Å². The Morgan fingerprint density at radius 2 is 1.59 bits per heavy atom. The molecule has 9 nitrogen and oxygen atoms in total. The minimum Gasteiger partial charge on any atom is -0.393 e. The van der Waals surface area contributed by atoms with Crippen LogP contribution in [0.1, 0.15) is 26.3 Å². The van der Waals surface area contributed by atoms with Gasteiger partial charge in [0.25, 0.3) is 11.8 Å². The van der Waals surface area contributed by atoms with E-state index in [1.165, 1.54) is 12.4 Å². The molecule has 2 amide bonds. The van der Waals surface area contributed by atoms with E-state index in [9.17, 15) is 9.59 Å². The fraction of sp³-hybridized carbons (Fsp3) is 0.0526. The second-order valence-corrected chi connectivity index (χ2v) is 6.40. The number of hydrogen-bond acceptors (Lipinski definition) is 7. The number of rotatable bonds is 6. The molecule has 29 heavy (non-hydrogen) atoms. The number of carbonyl (C=O) groups excluding carboxylic acids is 2. The summed E-state index contributed by atoms with van der Waals surface area (Å²) in [5, 5.41) is 0.440. The Kier molecular flexibility index (Phi) is 6.10. The molecule has 0 saturated heterocycles. The van der Waals surface area contributed by atoms with E-state index in [1.54, 1.807) is 30.3 Å². The van der Waals surface area contributed by atoms with Gasteiger partial charge in [0, 0.05) is 16.1 Å². The number of aryl methyl sites for hydroxylation is 1. The molecule has 6 N–H and O–H groups in total. The van der Waals surface area contributed by atoms with E-state index >= 15 is 0 Å². The van der Waals surface area contributed by atoms with Crippen molar-refractivity contribution in [2.45, 2.75) is 6.92 Å². The second-order valence-electron chi connectivity index (χ2n) is 5.97.